The van der Waals surface area contributed by atoms with E-state index in [4.69, 9.17) is 4.74 Å². The second-order valence-electron chi connectivity index (χ2n) is 4.95. The van der Waals surface area contributed by atoms with Gasteiger partial charge in [-0.2, -0.15) is 0 Å². The van der Waals surface area contributed by atoms with E-state index < -0.39 is 6.04 Å². The molecular formula is C15H22ClN3O3. The van der Waals surface area contributed by atoms with Crippen molar-refractivity contribution in [1.82, 2.24) is 10.2 Å². The molecule has 1 saturated heterocycles. The maximum absolute atomic E-state index is 12.1. The van der Waals surface area contributed by atoms with Crippen LogP contribution in [0, 0.1) is 0 Å². The van der Waals surface area contributed by atoms with E-state index >= 15 is 0 Å². The van der Waals surface area contributed by atoms with Gasteiger partial charge >= 0.3 is 0 Å². The average molecular weight is 328 g/mol. The number of nitrogens with one attached hydrogen (secondary N) is 2. The smallest absolute Gasteiger partial charge is 0.245 e. The number of ether oxygens (including phenoxy) is 1. The average Bonchev–Trinajstić information content (AvgIpc) is 2.54. The molecule has 1 aliphatic rings. The van der Waals surface area contributed by atoms with Crippen molar-refractivity contribution in [3.63, 3.8) is 0 Å². The molecule has 122 valence electrons. The van der Waals surface area contributed by atoms with Gasteiger partial charge in [0.15, 0.2) is 0 Å². The zero-order valence-electron chi connectivity index (χ0n) is 12.6. The summed E-state index contributed by atoms with van der Waals surface area (Å²) in [5.41, 5.74) is 0.875. The Morgan fingerprint density at radius 2 is 1.86 bits per heavy atom. The van der Waals surface area contributed by atoms with Crippen LogP contribution in [0.5, 0.6) is 0 Å². The number of benzene rings is 1. The minimum atomic E-state index is -0.520. The Kier molecular flexibility index (Phi) is 7.70. The van der Waals surface area contributed by atoms with E-state index in [1.165, 1.54) is 0 Å². The molecule has 2 amide bonds. The third kappa shape index (κ3) is 5.54. The van der Waals surface area contributed by atoms with Crippen molar-refractivity contribution in [2.24, 2.45) is 0 Å². The van der Waals surface area contributed by atoms with Crippen LogP contribution in [-0.2, 0) is 14.3 Å². The van der Waals surface area contributed by atoms with Gasteiger partial charge in [0.25, 0.3) is 0 Å². The number of anilines is 1. The highest BCUT2D eigenvalue weighted by Gasteiger charge is 2.23. The summed E-state index contributed by atoms with van der Waals surface area (Å²) in [7, 11) is 0. The van der Waals surface area contributed by atoms with Gasteiger partial charge < -0.3 is 20.3 Å². The van der Waals surface area contributed by atoms with E-state index in [2.05, 4.69) is 10.6 Å². The standard InChI is InChI=1S/C15H21N3O3.ClH/c1-12(15(20)18-7-9-21-10-8-18)17-14(19)11-16-13-5-3-2-4-6-13;/h2-6,12,16H,7-11H2,1H3,(H,17,19);1H. The van der Waals surface area contributed by atoms with E-state index in [1.54, 1.807) is 11.8 Å². The van der Waals surface area contributed by atoms with Gasteiger partial charge in [-0.05, 0) is 19.1 Å². The van der Waals surface area contributed by atoms with Crippen LogP contribution in [0.3, 0.4) is 0 Å². The van der Waals surface area contributed by atoms with Gasteiger partial charge in [0.1, 0.15) is 6.04 Å². The lowest BCUT2D eigenvalue weighted by atomic mass is 10.2. The van der Waals surface area contributed by atoms with Crippen LogP contribution >= 0.6 is 12.4 Å². The number of halogens is 1. The van der Waals surface area contributed by atoms with Gasteiger partial charge in [0.2, 0.25) is 11.8 Å². The molecule has 0 saturated carbocycles. The molecule has 1 aromatic carbocycles. The van der Waals surface area contributed by atoms with E-state index in [0.717, 1.165) is 5.69 Å². The topological polar surface area (TPSA) is 70.7 Å². The molecule has 2 rings (SSSR count). The van der Waals surface area contributed by atoms with E-state index in [0.29, 0.717) is 26.3 Å². The molecule has 1 unspecified atom stereocenters. The largest absolute Gasteiger partial charge is 0.378 e. The lowest BCUT2D eigenvalue weighted by Crippen LogP contribution is -2.51. The number of para-hydroxylation sites is 1. The van der Waals surface area contributed by atoms with Crippen molar-refractivity contribution in [2.75, 3.05) is 38.2 Å². The fraction of sp³-hybridized carbons (Fsp3) is 0.467. The van der Waals surface area contributed by atoms with Crippen LogP contribution < -0.4 is 10.6 Å². The summed E-state index contributed by atoms with van der Waals surface area (Å²) in [6.07, 6.45) is 0. The maximum Gasteiger partial charge on any atom is 0.245 e. The highest BCUT2D eigenvalue weighted by molar-refractivity contribution is 5.89. The number of carbonyl (C=O) groups is 2. The van der Waals surface area contributed by atoms with Crippen molar-refractivity contribution in [1.29, 1.82) is 0 Å². The summed E-state index contributed by atoms with van der Waals surface area (Å²) in [6.45, 7) is 4.13. The Morgan fingerprint density at radius 3 is 2.50 bits per heavy atom. The summed E-state index contributed by atoms with van der Waals surface area (Å²) < 4.78 is 5.21. The summed E-state index contributed by atoms with van der Waals surface area (Å²) in [6, 6.07) is 8.95. The molecular weight excluding hydrogens is 306 g/mol. The van der Waals surface area contributed by atoms with Crippen molar-refractivity contribution in [3.05, 3.63) is 30.3 Å². The van der Waals surface area contributed by atoms with Gasteiger partial charge in [0, 0.05) is 18.8 Å². The van der Waals surface area contributed by atoms with Crippen LogP contribution in [0.25, 0.3) is 0 Å². The molecule has 1 fully saturated rings. The number of morpholine rings is 1. The Hall–Kier alpha value is -1.79. The van der Waals surface area contributed by atoms with Crippen LogP contribution in [0.4, 0.5) is 5.69 Å². The molecule has 0 aromatic heterocycles. The SMILES string of the molecule is CC(NC(=O)CNc1ccccc1)C(=O)N1CCOCC1.Cl. The first-order chi connectivity index (χ1) is 10.2. The summed E-state index contributed by atoms with van der Waals surface area (Å²) in [4.78, 5) is 25.7. The fourth-order valence-corrected chi connectivity index (χ4v) is 2.15. The molecule has 1 heterocycles. The Balaban J connectivity index is 0.00000242. The highest BCUT2D eigenvalue weighted by atomic mass is 35.5. The van der Waals surface area contributed by atoms with Crippen LogP contribution in [0.1, 0.15) is 6.92 Å². The first kappa shape index (κ1) is 18.3. The van der Waals surface area contributed by atoms with Crippen molar-refractivity contribution < 1.29 is 14.3 Å². The predicted octanol–water partition coefficient (Wildman–Crippen LogP) is 0.884. The number of amides is 2. The Bertz CT molecular complexity index is 478. The second-order valence-corrected chi connectivity index (χ2v) is 4.95. The molecule has 0 aliphatic carbocycles. The zero-order valence-corrected chi connectivity index (χ0v) is 13.4. The second kappa shape index (κ2) is 9.27. The highest BCUT2D eigenvalue weighted by Crippen LogP contribution is 2.04. The van der Waals surface area contributed by atoms with Gasteiger partial charge in [-0.25, -0.2) is 0 Å². The summed E-state index contributed by atoms with van der Waals surface area (Å²) in [5, 5.41) is 5.73. The summed E-state index contributed by atoms with van der Waals surface area (Å²) in [5.74, 6) is -0.265. The quantitative estimate of drug-likeness (QED) is 0.842. The van der Waals surface area contributed by atoms with Crippen molar-refractivity contribution in [3.8, 4) is 0 Å². The molecule has 0 radical (unpaired) electrons. The third-order valence-corrected chi connectivity index (χ3v) is 3.30. The molecule has 2 N–H and O–H groups in total. The van der Waals surface area contributed by atoms with Gasteiger partial charge in [0.05, 0.1) is 19.8 Å². The third-order valence-electron chi connectivity index (χ3n) is 3.30. The predicted molar refractivity (Wildman–Crippen MR) is 87.2 cm³/mol. The normalized spacial score (nSPS) is 15.4. The van der Waals surface area contributed by atoms with Crippen LogP contribution in [0.15, 0.2) is 30.3 Å². The molecule has 1 aromatic rings. The number of hydrogen-bond donors (Lipinski definition) is 2. The molecule has 0 bridgehead atoms. The first-order valence-electron chi connectivity index (χ1n) is 7.11. The first-order valence-corrected chi connectivity index (χ1v) is 7.11. The zero-order chi connectivity index (χ0) is 15.1. The molecule has 22 heavy (non-hydrogen) atoms. The van der Waals surface area contributed by atoms with E-state index in [1.807, 2.05) is 30.3 Å². The minimum absolute atomic E-state index is 0. The Morgan fingerprint density at radius 1 is 1.23 bits per heavy atom. The van der Waals surface area contributed by atoms with Gasteiger partial charge in [-0.1, -0.05) is 18.2 Å². The molecule has 7 heteroatoms. The molecule has 1 atom stereocenters. The Labute approximate surface area is 136 Å². The number of hydrogen-bond acceptors (Lipinski definition) is 4. The fourth-order valence-electron chi connectivity index (χ4n) is 2.15. The number of carbonyl (C=O) groups excluding carboxylic acids is 2. The van der Waals surface area contributed by atoms with Gasteiger partial charge in [-0.3, -0.25) is 9.59 Å². The van der Waals surface area contributed by atoms with E-state index in [9.17, 15) is 9.59 Å². The molecule has 6 nitrogen and oxygen atoms in total. The molecule has 1 aliphatic heterocycles. The maximum atomic E-state index is 12.1. The number of rotatable bonds is 5. The van der Waals surface area contributed by atoms with Crippen molar-refractivity contribution in [2.45, 2.75) is 13.0 Å². The monoisotopic (exact) mass is 327 g/mol. The van der Waals surface area contributed by atoms with Gasteiger partial charge in [-0.15, -0.1) is 12.4 Å². The summed E-state index contributed by atoms with van der Waals surface area (Å²) >= 11 is 0. The van der Waals surface area contributed by atoms with E-state index in [-0.39, 0.29) is 30.8 Å². The lowest BCUT2D eigenvalue weighted by molar-refractivity contribution is -0.139. The molecule has 0 spiro atoms. The van der Waals surface area contributed by atoms with Crippen LogP contribution in [0.2, 0.25) is 0 Å². The number of nitrogens with zero attached hydrogens (tertiary/aromatic N) is 1. The van der Waals surface area contributed by atoms with Crippen molar-refractivity contribution >= 4 is 29.9 Å². The van der Waals surface area contributed by atoms with Crippen LogP contribution in [-0.4, -0.2) is 55.6 Å². The minimum Gasteiger partial charge on any atom is -0.378 e. The lowest BCUT2D eigenvalue weighted by Gasteiger charge is -2.29.